The summed E-state index contributed by atoms with van der Waals surface area (Å²) in [7, 11) is 0. The Morgan fingerprint density at radius 2 is 1.36 bits per heavy atom. The molecule has 0 saturated heterocycles. The van der Waals surface area contributed by atoms with E-state index >= 15 is 0 Å². The van der Waals surface area contributed by atoms with Gasteiger partial charge in [-0.2, -0.15) is 0 Å². The molecule has 0 aliphatic rings. The summed E-state index contributed by atoms with van der Waals surface area (Å²) in [6.07, 6.45) is 2.29. The number of aldehydes is 1. The predicted molar refractivity (Wildman–Crippen MR) is 153 cm³/mol. The van der Waals surface area contributed by atoms with Gasteiger partial charge in [0.1, 0.15) is 5.69 Å². The molecule has 1 aromatic heterocycles. The highest BCUT2D eigenvalue weighted by Gasteiger charge is 2.24. The van der Waals surface area contributed by atoms with Crippen LogP contribution in [-0.4, -0.2) is 21.6 Å². The van der Waals surface area contributed by atoms with E-state index in [0.29, 0.717) is 29.5 Å². The van der Waals surface area contributed by atoms with Crippen LogP contribution in [-0.2, 0) is 11.3 Å². The maximum absolute atomic E-state index is 13.2. The van der Waals surface area contributed by atoms with E-state index in [1.165, 1.54) is 12.1 Å². The van der Waals surface area contributed by atoms with Crippen molar-refractivity contribution in [2.24, 2.45) is 0 Å². The monoisotopic (exact) mass is 510 g/mol. The van der Waals surface area contributed by atoms with Crippen LogP contribution in [0.3, 0.4) is 0 Å². The first-order chi connectivity index (χ1) is 19.0. The Kier molecular flexibility index (Phi) is 6.05. The summed E-state index contributed by atoms with van der Waals surface area (Å²) in [5.41, 5.74) is 4.45. The van der Waals surface area contributed by atoms with Crippen molar-refractivity contribution in [2.75, 3.05) is 0 Å². The van der Waals surface area contributed by atoms with Crippen LogP contribution >= 0.6 is 0 Å². The second kappa shape index (κ2) is 9.84. The van der Waals surface area contributed by atoms with Gasteiger partial charge >= 0.3 is 0 Å². The molecule has 0 aliphatic heterocycles. The van der Waals surface area contributed by atoms with Gasteiger partial charge in [0, 0.05) is 36.0 Å². The van der Waals surface area contributed by atoms with Crippen molar-refractivity contribution in [2.45, 2.75) is 6.54 Å². The molecule has 6 heteroatoms. The number of hydrogen-bond acceptors (Lipinski definition) is 4. The van der Waals surface area contributed by atoms with Crippen molar-refractivity contribution in [3.05, 3.63) is 137 Å². The highest BCUT2D eigenvalue weighted by atomic mass is 16.6. The van der Waals surface area contributed by atoms with Crippen molar-refractivity contribution in [1.29, 1.82) is 0 Å². The van der Waals surface area contributed by atoms with Crippen molar-refractivity contribution in [3.63, 3.8) is 0 Å². The van der Waals surface area contributed by atoms with E-state index in [1.54, 1.807) is 6.07 Å². The lowest BCUT2D eigenvalue weighted by atomic mass is 9.93. The second-order valence-corrected chi connectivity index (χ2v) is 9.43. The first-order valence-electron chi connectivity index (χ1n) is 12.5. The van der Waals surface area contributed by atoms with Crippen LogP contribution < -0.4 is 0 Å². The molecule has 6 nitrogen and oxygen atoms in total. The maximum atomic E-state index is 13.2. The third-order valence-electron chi connectivity index (χ3n) is 7.00. The van der Waals surface area contributed by atoms with Crippen LogP contribution in [0.1, 0.15) is 16.1 Å². The average molecular weight is 511 g/mol. The molecule has 6 aromatic rings. The van der Waals surface area contributed by atoms with E-state index in [9.17, 15) is 19.7 Å². The second-order valence-electron chi connectivity index (χ2n) is 9.43. The molecule has 0 N–H and O–H groups in total. The SMILES string of the molecule is O=CC(=O)c1c(-c2ccc3cc([N+](=O)[O-])ccc3c2)c(-c2ccc3ccccc3c2)cn1Cc1ccccc1. The smallest absolute Gasteiger partial charge is 0.270 e. The Morgan fingerprint density at radius 1 is 0.744 bits per heavy atom. The molecule has 39 heavy (non-hydrogen) atoms. The Morgan fingerprint density at radius 3 is 2.13 bits per heavy atom. The number of carbonyl (C=O) groups is 2. The molecule has 0 unspecified atom stereocenters. The molecular weight excluding hydrogens is 488 g/mol. The first kappa shape index (κ1) is 24.0. The lowest BCUT2D eigenvalue weighted by Crippen LogP contribution is -2.11. The summed E-state index contributed by atoms with van der Waals surface area (Å²) >= 11 is 0. The summed E-state index contributed by atoms with van der Waals surface area (Å²) in [6.45, 7) is 0.413. The van der Waals surface area contributed by atoms with Crippen molar-refractivity contribution >= 4 is 39.3 Å². The fourth-order valence-electron chi connectivity index (χ4n) is 5.15. The number of Topliss-reactive ketones (excluding diaryl/α,β-unsaturated/α-hetero) is 1. The van der Waals surface area contributed by atoms with Crippen molar-refractivity contribution < 1.29 is 14.5 Å². The Bertz CT molecular complexity index is 1900. The predicted octanol–water partition coefficient (Wildman–Crippen LogP) is 7.47. The molecule has 0 radical (unpaired) electrons. The van der Waals surface area contributed by atoms with Gasteiger partial charge in [0.15, 0.2) is 6.29 Å². The van der Waals surface area contributed by atoms with Crippen LogP contribution in [0.4, 0.5) is 5.69 Å². The van der Waals surface area contributed by atoms with Crippen molar-refractivity contribution in [1.82, 2.24) is 4.57 Å². The van der Waals surface area contributed by atoms with Gasteiger partial charge in [-0.1, -0.05) is 78.9 Å². The molecule has 0 fully saturated rings. The lowest BCUT2D eigenvalue weighted by Gasteiger charge is -2.11. The Balaban J connectivity index is 1.61. The molecule has 0 amide bonds. The van der Waals surface area contributed by atoms with Gasteiger partial charge in [-0.3, -0.25) is 19.7 Å². The number of aromatic nitrogens is 1. The van der Waals surface area contributed by atoms with E-state index < -0.39 is 10.7 Å². The van der Waals surface area contributed by atoms with Gasteiger partial charge in [-0.25, -0.2) is 0 Å². The van der Waals surface area contributed by atoms with Crippen LogP contribution in [0.2, 0.25) is 0 Å². The number of nitro groups is 1. The summed E-state index contributed by atoms with van der Waals surface area (Å²) in [5.74, 6) is -0.614. The van der Waals surface area contributed by atoms with E-state index in [4.69, 9.17) is 0 Å². The highest BCUT2D eigenvalue weighted by Crippen LogP contribution is 2.39. The number of fused-ring (bicyclic) bond motifs is 2. The first-order valence-corrected chi connectivity index (χ1v) is 12.5. The lowest BCUT2D eigenvalue weighted by molar-refractivity contribution is -0.384. The topological polar surface area (TPSA) is 82.2 Å². The summed E-state index contributed by atoms with van der Waals surface area (Å²) in [5, 5.41) is 14.9. The zero-order chi connectivity index (χ0) is 26.9. The van der Waals surface area contributed by atoms with Gasteiger partial charge in [-0.05, 0) is 56.4 Å². The summed E-state index contributed by atoms with van der Waals surface area (Å²) < 4.78 is 1.84. The van der Waals surface area contributed by atoms with Gasteiger partial charge in [0.25, 0.3) is 5.69 Å². The number of ketones is 1. The number of hydrogen-bond donors (Lipinski definition) is 0. The molecule has 188 valence electrons. The zero-order valence-electron chi connectivity index (χ0n) is 20.8. The zero-order valence-corrected chi connectivity index (χ0v) is 20.8. The van der Waals surface area contributed by atoms with Crippen LogP contribution in [0.15, 0.2) is 115 Å². The number of nitrogens with zero attached hydrogens (tertiary/aromatic N) is 2. The number of non-ortho nitro benzene ring substituents is 1. The minimum atomic E-state index is -0.614. The van der Waals surface area contributed by atoms with Crippen LogP contribution in [0, 0.1) is 10.1 Å². The quantitative estimate of drug-likeness (QED) is 0.0733. The molecule has 6 rings (SSSR count). The minimum absolute atomic E-state index is 0.0120. The fourth-order valence-corrected chi connectivity index (χ4v) is 5.15. The van der Waals surface area contributed by atoms with Crippen LogP contribution in [0.5, 0.6) is 0 Å². The highest BCUT2D eigenvalue weighted by molar-refractivity contribution is 6.35. The van der Waals surface area contributed by atoms with E-state index in [2.05, 4.69) is 6.07 Å². The van der Waals surface area contributed by atoms with Gasteiger partial charge < -0.3 is 4.57 Å². The molecule has 0 bridgehead atoms. The minimum Gasteiger partial charge on any atom is -0.339 e. The number of carbonyl (C=O) groups excluding carboxylic acids is 2. The number of benzene rings is 5. The third kappa shape index (κ3) is 4.49. The Labute approximate surface area is 223 Å². The molecular formula is C33H22N2O4. The fraction of sp³-hybridized carbons (Fsp3) is 0.0303. The van der Waals surface area contributed by atoms with Gasteiger partial charge in [0.05, 0.1) is 4.92 Å². The van der Waals surface area contributed by atoms with Gasteiger partial charge in [0.2, 0.25) is 5.78 Å². The largest absolute Gasteiger partial charge is 0.339 e. The normalized spacial score (nSPS) is 11.1. The van der Waals surface area contributed by atoms with E-state index in [0.717, 1.165) is 38.4 Å². The Hall–Kier alpha value is -5.36. The maximum Gasteiger partial charge on any atom is 0.270 e. The van der Waals surface area contributed by atoms with E-state index in [-0.39, 0.29) is 5.69 Å². The summed E-state index contributed by atoms with van der Waals surface area (Å²) in [6, 6.07) is 34.2. The van der Waals surface area contributed by atoms with Crippen LogP contribution in [0.25, 0.3) is 43.8 Å². The molecule has 0 saturated carbocycles. The summed E-state index contributed by atoms with van der Waals surface area (Å²) in [4.78, 5) is 35.9. The third-order valence-corrected chi connectivity index (χ3v) is 7.00. The van der Waals surface area contributed by atoms with Gasteiger partial charge in [-0.15, -0.1) is 0 Å². The molecule has 0 spiro atoms. The standard InChI is InChI=1S/C33H22N2O4/c36-21-31(37)33-32(28-13-11-26-18-29(35(38)39)15-14-25(26)17-28)30(20-34(33)19-22-6-2-1-3-7-22)27-12-10-23-8-4-5-9-24(23)16-27/h1-18,20-21H,19H2. The molecule has 5 aromatic carbocycles. The molecule has 0 atom stereocenters. The number of rotatable bonds is 7. The van der Waals surface area contributed by atoms with Crippen molar-refractivity contribution in [3.8, 4) is 22.3 Å². The van der Waals surface area contributed by atoms with E-state index in [1.807, 2.05) is 95.7 Å². The molecule has 1 heterocycles. The number of nitro benzene ring substituents is 1. The molecule has 0 aliphatic carbocycles. The average Bonchev–Trinajstić information content (AvgIpc) is 3.35.